The minimum absolute atomic E-state index is 0.0642. The Morgan fingerprint density at radius 1 is 0.241 bits per heavy atom. The summed E-state index contributed by atoms with van der Waals surface area (Å²) in [5.41, 5.74) is 29.0. The molecular formula is C72H42B4N4O2S. The van der Waals surface area contributed by atoms with E-state index in [4.69, 9.17) is 9.47 Å². The maximum atomic E-state index is 7.44. The second-order valence-electron chi connectivity index (χ2n) is 22.9. The molecule has 0 amide bonds. The highest BCUT2D eigenvalue weighted by molar-refractivity contribution is 8.00. The van der Waals surface area contributed by atoms with Crippen molar-refractivity contribution in [2.45, 2.75) is 9.79 Å². The molecule has 20 rings (SSSR count). The molecule has 8 heterocycles. The van der Waals surface area contributed by atoms with Crippen molar-refractivity contribution in [2.75, 3.05) is 19.6 Å². The predicted molar refractivity (Wildman–Crippen MR) is 347 cm³/mol. The third-order valence-electron chi connectivity index (χ3n) is 18.9. The SMILES string of the molecule is c1ccc(N2c3ccccc3B3c4cc5c(cc4Oc4cccc2c43)N2c3cc4c(cc3B3c6ccccc6N(c6ccccc6)c6cc7c(c2c63)B5c2ccccc2S7)B2c3ccccc3N(c3ccccc3)c3cccc(c32)O4)cc1. The van der Waals surface area contributed by atoms with Crippen LogP contribution >= 0.6 is 11.8 Å². The number of anilines is 12. The summed E-state index contributed by atoms with van der Waals surface area (Å²) < 4.78 is 14.9. The van der Waals surface area contributed by atoms with Gasteiger partial charge in [0.25, 0.3) is 20.1 Å². The van der Waals surface area contributed by atoms with Crippen LogP contribution in [-0.4, -0.2) is 26.9 Å². The first-order valence-corrected chi connectivity index (χ1v) is 29.6. The minimum Gasteiger partial charge on any atom is -0.458 e. The lowest BCUT2D eigenvalue weighted by atomic mass is 9.28. The van der Waals surface area contributed by atoms with Crippen LogP contribution in [0.25, 0.3) is 0 Å². The average Bonchev–Trinajstić information content (AvgIpc) is 0.896. The molecule has 0 saturated carbocycles. The first-order chi connectivity index (χ1) is 41.2. The lowest BCUT2D eigenvalue weighted by Crippen LogP contribution is -2.69. The molecule has 12 aromatic carbocycles. The van der Waals surface area contributed by atoms with Crippen molar-refractivity contribution in [1.82, 2.24) is 0 Å². The molecular weight excluding hydrogens is 1030 g/mol. The highest BCUT2D eigenvalue weighted by Crippen LogP contribution is 2.51. The summed E-state index contributed by atoms with van der Waals surface area (Å²) >= 11 is 1.91. The fourth-order valence-corrected chi connectivity index (χ4v) is 17.0. The van der Waals surface area contributed by atoms with Crippen molar-refractivity contribution < 1.29 is 9.47 Å². The smallest absolute Gasteiger partial charge is 0.256 e. The number of benzene rings is 12. The summed E-state index contributed by atoms with van der Waals surface area (Å²) in [4.78, 5) is 12.6. The minimum atomic E-state index is -0.107. The molecule has 11 heteroatoms. The molecule has 0 radical (unpaired) electrons. The van der Waals surface area contributed by atoms with E-state index in [0.717, 1.165) is 62.8 Å². The first kappa shape index (κ1) is 44.8. The number of nitrogens with zero attached hydrogens (tertiary/aromatic N) is 4. The van der Waals surface area contributed by atoms with E-state index in [0.29, 0.717) is 0 Å². The fraction of sp³-hybridized carbons (Fsp3) is 0. The van der Waals surface area contributed by atoms with Gasteiger partial charge in [-0.15, -0.1) is 0 Å². The molecule has 0 bridgehead atoms. The van der Waals surface area contributed by atoms with E-state index in [2.05, 4.69) is 274 Å². The van der Waals surface area contributed by atoms with Gasteiger partial charge in [-0.2, -0.15) is 0 Å². The van der Waals surface area contributed by atoms with E-state index in [1.807, 2.05) is 11.8 Å². The van der Waals surface area contributed by atoms with Gasteiger partial charge in [0.15, 0.2) is 0 Å². The molecule has 0 unspecified atom stereocenters. The van der Waals surface area contributed by atoms with E-state index in [-0.39, 0.29) is 26.9 Å². The number of fused-ring (bicyclic) bond motifs is 18. The lowest BCUT2D eigenvalue weighted by Gasteiger charge is -2.50. The molecule has 8 aliphatic heterocycles. The quantitative estimate of drug-likeness (QED) is 0.163. The Balaban J connectivity index is 0.877. The lowest BCUT2D eigenvalue weighted by molar-refractivity contribution is 0.487. The first-order valence-electron chi connectivity index (χ1n) is 28.8. The summed E-state index contributed by atoms with van der Waals surface area (Å²) in [5.74, 6) is 3.54. The number of para-hydroxylation sites is 6. The van der Waals surface area contributed by atoms with Crippen LogP contribution in [0.3, 0.4) is 0 Å². The Labute approximate surface area is 486 Å². The van der Waals surface area contributed by atoms with Crippen LogP contribution < -0.4 is 94.6 Å². The molecule has 83 heavy (non-hydrogen) atoms. The van der Waals surface area contributed by atoms with Gasteiger partial charge in [0.05, 0.1) is 0 Å². The van der Waals surface area contributed by atoms with Gasteiger partial charge >= 0.3 is 0 Å². The van der Waals surface area contributed by atoms with Crippen LogP contribution in [0.5, 0.6) is 23.0 Å². The summed E-state index contributed by atoms with van der Waals surface area (Å²) in [7, 11) is 0. The number of hydrogen-bond donors (Lipinski definition) is 0. The summed E-state index contributed by atoms with van der Waals surface area (Å²) in [6.45, 7) is -0.322. The zero-order valence-corrected chi connectivity index (χ0v) is 45.4. The average molecular weight is 1070 g/mol. The summed E-state index contributed by atoms with van der Waals surface area (Å²) in [6, 6.07) is 94.5. The van der Waals surface area contributed by atoms with Gasteiger partial charge in [-0.3, -0.25) is 0 Å². The van der Waals surface area contributed by atoms with Gasteiger partial charge in [-0.1, -0.05) is 169 Å². The van der Waals surface area contributed by atoms with Crippen LogP contribution in [-0.2, 0) is 0 Å². The summed E-state index contributed by atoms with van der Waals surface area (Å²) in [6.07, 6.45) is 0. The molecule has 0 aliphatic carbocycles. The Morgan fingerprint density at radius 3 is 1.13 bits per heavy atom. The van der Waals surface area contributed by atoms with Crippen molar-refractivity contribution in [3.8, 4) is 23.0 Å². The second kappa shape index (κ2) is 16.4. The molecule has 380 valence electrons. The van der Waals surface area contributed by atoms with Gasteiger partial charge < -0.3 is 29.1 Å². The van der Waals surface area contributed by atoms with Crippen LogP contribution in [0.4, 0.5) is 68.2 Å². The zero-order valence-electron chi connectivity index (χ0n) is 44.6. The molecule has 0 spiro atoms. The van der Waals surface area contributed by atoms with Gasteiger partial charge in [0.1, 0.15) is 23.0 Å². The van der Waals surface area contributed by atoms with E-state index in [1.54, 1.807) is 0 Å². The fourth-order valence-electron chi connectivity index (χ4n) is 15.8. The van der Waals surface area contributed by atoms with E-state index in [9.17, 15) is 0 Å². The van der Waals surface area contributed by atoms with Crippen LogP contribution in [0.2, 0.25) is 0 Å². The highest BCUT2D eigenvalue weighted by atomic mass is 32.2. The van der Waals surface area contributed by atoms with Gasteiger partial charge in [-0.25, -0.2) is 0 Å². The largest absolute Gasteiger partial charge is 0.458 e. The van der Waals surface area contributed by atoms with Crippen molar-refractivity contribution in [2.24, 2.45) is 0 Å². The molecule has 0 N–H and O–H groups in total. The normalized spacial score (nSPS) is 14.7. The van der Waals surface area contributed by atoms with Crippen LogP contribution in [0.15, 0.2) is 265 Å². The highest BCUT2D eigenvalue weighted by Gasteiger charge is 2.53. The molecule has 0 atom stereocenters. The predicted octanol–water partition coefficient (Wildman–Crippen LogP) is 9.87. The van der Waals surface area contributed by atoms with Crippen LogP contribution in [0, 0.1) is 0 Å². The standard InChI is InChI=1S/C72H42B4N4O2S/c1-4-20-43(21-5-1)77-54-30-14-11-27-47(54)74-52-38-50-59(40-64(52)81-62-35-18-33-57(77)68(62)74)80-60-41-65-53(75-48-28-12-15-31-55(48)78(44-22-6-2-7-23-44)58-34-19-36-63(82-65)69(58)75)39-51(60)76-49-29-13-17-37-66(49)83-67-42-61-70(72(80)71(67)76)73(50)46-26-10-16-32-56(46)79(61)45-24-8-3-9-25-45/h1-42H. The maximum absolute atomic E-state index is 7.44. The molecule has 0 aromatic heterocycles. The Bertz CT molecular complexity index is 4850. The topological polar surface area (TPSA) is 31.4 Å². The molecule has 0 fully saturated rings. The maximum Gasteiger partial charge on any atom is 0.256 e. The molecule has 12 aromatic rings. The van der Waals surface area contributed by atoms with Crippen molar-refractivity contribution in [3.05, 3.63) is 255 Å². The Hall–Kier alpha value is -9.95. The Morgan fingerprint density at radius 2 is 0.639 bits per heavy atom. The van der Waals surface area contributed by atoms with E-state index < -0.39 is 0 Å². The zero-order chi connectivity index (χ0) is 53.8. The van der Waals surface area contributed by atoms with Crippen LogP contribution in [0.1, 0.15) is 0 Å². The van der Waals surface area contributed by atoms with Crippen molar-refractivity contribution >= 4 is 172 Å². The third-order valence-corrected chi connectivity index (χ3v) is 20.1. The number of rotatable bonds is 3. The molecule has 6 nitrogen and oxygen atoms in total. The van der Waals surface area contributed by atoms with E-state index >= 15 is 0 Å². The number of hydrogen-bond acceptors (Lipinski definition) is 7. The van der Waals surface area contributed by atoms with Gasteiger partial charge in [-0.05, 0) is 151 Å². The molecule has 8 aliphatic rings. The second-order valence-corrected chi connectivity index (χ2v) is 24.0. The summed E-state index contributed by atoms with van der Waals surface area (Å²) in [5, 5.41) is 0. The molecule has 0 saturated heterocycles. The Kier molecular flexibility index (Phi) is 8.83. The third kappa shape index (κ3) is 5.84. The van der Waals surface area contributed by atoms with Crippen molar-refractivity contribution in [1.29, 1.82) is 0 Å². The number of ether oxygens (including phenoxy) is 2. The van der Waals surface area contributed by atoms with E-state index in [1.165, 1.54) is 104 Å². The van der Waals surface area contributed by atoms with Gasteiger partial charge in [0, 0.05) is 90.2 Å². The monoisotopic (exact) mass is 1070 g/mol. The van der Waals surface area contributed by atoms with Crippen molar-refractivity contribution in [3.63, 3.8) is 0 Å². The van der Waals surface area contributed by atoms with Gasteiger partial charge in [0.2, 0.25) is 6.71 Å².